The van der Waals surface area contributed by atoms with Crippen LogP contribution in [-0.4, -0.2) is 70.3 Å². The zero-order valence-corrected chi connectivity index (χ0v) is 35.5. The Labute approximate surface area is 355 Å². The standard InChI is InChI=1S/C49H66N4O7/c1-3-4-5-9-35(29-53-49(50)51)41-23-36(22-32-11-16-37(54)25-42(32)41)44(56)19-14-31-13-18-39(46(58)20-15-33-24-48(60-2)47(59)27-40(31)33)45(57)10-7-6-8-30-21-34-12-17-38(55)26-43(34)52-28-30/h11,16,22-25,27,30-31,34-35,39,43-45,52,54,56-57,59H,3-10,12,14-15,17,19-21,26,28-29H2,1-2H3,(H4,50,51,53)/t30-,31-,34+,35-,39-,43-,44+,45-/m1/s1. The Morgan fingerprint density at radius 1 is 0.950 bits per heavy atom. The Kier molecular flexibility index (Phi) is 15.9. The number of aliphatic imine (C=N–C) groups is 1. The predicted octanol–water partition coefficient (Wildman–Crippen LogP) is 7.20. The minimum atomic E-state index is -0.904. The summed E-state index contributed by atoms with van der Waals surface area (Å²) in [6, 6.07) is 13.0. The Morgan fingerprint density at radius 3 is 2.55 bits per heavy atom. The molecule has 2 aliphatic carbocycles. The van der Waals surface area contributed by atoms with Crippen molar-refractivity contribution in [1.82, 2.24) is 5.32 Å². The number of rotatable bonds is 18. The minimum absolute atomic E-state index is 0.0147. The fourth-order valence-electron chi connectivity index (χ4n) is 9.84. The molecule has 1 heterocycles. The Hall–Kier alpha value is -4.63. The third-order valence-electron chi connectivity index (χ3n) is 13.3. The van der Waals surface area contributed by atoms with Crippen LogP contribution in [0.15, 0.2) is 47.5 Å². The van der Waals surface area contributed by atoms with Crippen molar-refractivity contribution in [3.63, 3.8) is 0 Å². The average Bonchev–Trinajstić information content (AvgIpc) is 3.29. The average molecular weight is 823 g/mol. The predicted molar refractivity (Wildman–Crippen MR) is 236 cm³/mol. The van der Waals surface area contributed by atoms with Crippen molar-refractivity contribution in [2.24, 2.45) is 34.2 Å². The molecule has 1 saturated heterocycles. The van der Waals surface area contributed by atoms with E-state index in [4.69, 9.17) is 16.2 Å². The van der Waals surface area contributed by atoms with E-state index in [1.54, 1.807) is 24.3 Å². The van der Waals surface area contributed by atoms with E-state index in [-0.39, 0.29) is 35.6 Å². The number of fused-ring (bicyclic) bond motifs is 3. The maximum absolute atomic E-state index is 13.7. The number of nitrogens with two attached hydrogens (primary N) is 2. The number of Topliss-reactive ketones (excluding diaryl/α,β-unsaturated/α-hetero) is 2. The van der Waals surface area contributed by atoms with E-state index in [1.165, 1.54) is 7.11 Å². The van der Waals surface area contributed by atoms with Gasteiger partial charge in [0.2, 0.25) is 0 Å². The number of unbranched alkanes of at least 4 members (excludes halogenated alkanes) is 3. The van der Waals surface area contributed by atoms with Crippen molar-refractivity contribution >= 4 is 28.3 Å². The molecule has 0 amide bonds. The highest BCUT2D eigenvalue weighted by molar-refractivity contribution is 5.88. The summed E-state index contributed by atoms with van der Waals surface area (Å²) in [7, 11) is 1.49. The topological polar surface area (TPSA) is 201 Å². The minimum Gasteiger partial charge on any atom is -0.508 e. The summed E-state index contributed by atoms with van der Waals surface area (Å²) in [4.78, 5) is 30.0. The number of phenolic OH excluding ortho intramolecular Hbond substituents is 2. The number of aliphatic hydroxyl groups excluding tert-OH is 2. The molecule has 11 nitrogen and oxygen atoms in total. The highest BCUT2D eigenvalue weighted by Crippen LogP contribution is 2.40. The summed E-state index contributed by atoms with van der Waals surface area (Å²) in [5.74, 6) is 7.07. The van der Waals surface area contributed by atoms with Crippen LogP contribution in [0.2, 0.25) is 0 Å². The molecular formula is C49H66N4O7. The maximum Gasteiger partial charge on any atom is 0.185 e. The van der Waals surface area contributed by atoms with Gasteiger partial charge in [-0.25, -0.2) is 0 Å². The zero-order chi connectivity index (χ0) is 42.8. The van der Waals surface area contributed by atoms with Crippen LogP contribution < -0.4 is 21.5 Å². The van der Waals surface area contributed by atoms with Crippen LogP contribution in [0.3, 0.4) is 0 Å². The van der Waals surface area contributed by atoms with Crippen molar-refractivity contribution in [3.05, 3.63) is 64.7 Å². The summed E-state index contributed by atoms with van der Waals surface area (Å²) in [6.45, 7) is 3.46. The first-order valence-corrected chi connectivity index (χ1v) is 22.3. The number of phenols is 2. The molecule has 9 N–H and O–H groups in total. The lowest BCUT2D eigenvalue weighted by Gasteiger charge is -2.39. The Morgan fingerprint density at radius 2 is 1.77 bits per heavy atom. The molecule has 0 radical (unpaired) electrons. The zero-order valence-electron chi connectivity index (χ0n) is 35.5. The lowest BCUT2D eigenvalue weighted by molar-refractivity contribution is -0.124. The smallest absolute Gasteiger partial charge is 0.185 e. The molecule has 1 aliphatic heterocycles. The number of hydrogen-bond acceptors (Lipinski definition) is 9. The van der Waals surface area contributed by atoms with Gasteiger partial charge in [-0.05, 0) is 133 Å². The number of guanidine groups is 1. The molecule has 11 heteroatoms. The van der Waals surface area contributed by atoms with E-state index in [0.717, 1.165) is 97.4 Å². The van der Waals surface area contributed by atoms with Gasteiger partial charge in [-0.2, -0.15) is 0 Å². The third kappa shape index (κ3) is 11.6. The van der Waals surface area contributed by atoms with Crippen LogP contribution in [0.4, 0.5) is 0 Å². The normalized spacial score (nSPS) is 23.2. The number of aryl methyl sites for hydroxylation is 1. The van der Waals surface area contributed by atoms with E-state index in [0.29, 0.717) is 74.5 Å². The van der Waals surface area contributed by atoms with Crippen LogP contribution >= 0.6 is 0 Å². The molecule has 0 spiro atoms. The van der Waals surface area contributed by atoms with Crippen LogP contribution in [-0.2, 0) is 16.0 Å². The van der Waals surface area contributed by atoms with E-state index in [2.05, 4.69) is 29.1 Å². The number of aliphatic hydroxyl groups is 2. The van der Waals surface area contributed by atoms with Gasteiger partial charge in [-0.1, -0.05) is 63.0 Å². The lowest BCUT2D eigenvalue weighted by Crippen LogP contribution is -2.48. The first-order valence-electron chi connectivity index (χ1n) is 22.3. The fourth-order valence-corrected chi connectivity index (χ4v) is 9.84. The Bertz CT molecular complexity index is 2050. The summed E-state index contributed by atoms with van der Waals surface area (Å²) < 4.78 is 5.45. The van der Waals surface area contributed by atoms with E-state index >= 15 is 0 Å². The number of methoxy groups -OCH3 is 1. The quantitative estimate of drug-likeness (QED) is 0.0298. The number of ether oxygens (including phenoxy) is 1. The molecule has 0 unspecified atom stereocenters. The summed E-state index contributed by atoms with van der Waals surface area (Å²) in [5.41, 5.74) is 14.8. The lowest BCUT2D eigenvalue weighted by atomic mass is 9.74. The van der Waals surface area contributed by atoms with Gasteiger partial charge in [0.1, 0.15) is 17.5 Å². The van der Waals surface area contributed by atoms with Crippen molar-refractivity contribution in [2.45, 2.75) is 140 Å². The molecule has 3 aromatic carbocycles. The van der Waals surface area contributed by atoms with Crippen molar-refractivity contribution in [2.75, 3.05) is 20.2 Å². The van der Waals surface area contributed by atoms with Gasteiger partial charge in [0, 0.05) is 43.7 Å². The molecule has 2 fully saturated rings. The van der Waals surface area contributed by atoms with Crippen LogP contribution in [0.5, 0.6) is 17.2 Å². The number of hydrogen-bond donors (Lipinski definition) is 7. The van der Waals surface area contributed by atoms with Gasteiger partial charge < -0.3 is 41.9 Å². The van der Waals surface area contributed by atoms with Crippen LogP contribution in [0, 0.1) is 29.6 Å². The fraction of sp³-hybridized carbons (Fsp3) is 0.571. The maximum atomic E-state index is 13.7. The monoisotopic (exact) mass is 822 g/mol. The van der Waals surface area contributed by atoms with Crippen LogP contribution in [0.25, 0.3) is 10.8 Å². The van der Waals surface area contributed by atoms with Gasteiger partial charge in [0.05, 0.1) is 19.3 Å². The first kappa shape index (κ1) is 44.9. The molecule has 1 saturated carbocycles. The second kappa shape index (κ2) is 21.2. The van der Waals surface area contributed by atoms with Gasteiger partial charge >= 0.3 is 0 Å². The second-order valence-corrected chi connectivity index (χ2v) is 17.6. The van der Waals surface area contributed by atoms with Crippen molar-refractivity contribution in [1.29, 1.82) is 0 Å². The molecule has 6 rings (SSSR count). The molecule has 0 aromatic heterocycles. The molecule has 8 atom stereocenters. The number of aromatic hydroxyl groups is 2. The second-order valence-electron chi connectivity index (χ2n) is 17.6. The number of ketones is 2. The highest BCUT2D eigenvalue weighted by Gasteiger charge is 2.35. The van der Waals surface area contributed by atoms with Crippen molar-refractivity contribution in [3.8, 4) is 29.1 Å². The number of nitrogens with zero attached hydrogens (tertiary/aromatic N) is 1. The van der Waals surface area contributed by atoms with Gasteiger partial charge in [0.25, 0.3) is 0 Å². The molecule has 0 bridgehead atoms. The number of nitrogens with one attached hydrogen (secondary N) is 1. The van der Waals surface area contributed by atoms with E-state index < -0.39 is 24.0 Å². The first-order chi connectivity index (χ1) is 28.9. The summed E-state index contributed by atoms with van der Waals surface area (Å²) >= 11 is 0. The van der Waals surface area contributed by atoms with Gasteiger partial charge in [-0.15, -0.1) is 0 Å². The molecule has 3 aromatic rings. The SMILES string of the molecule is CCCCC[C@H](CN=C(N)N)c1cc([C@@H](O)CC[C@H]2C#C[C@H]([C@H](O)CCCC[C@H]3CN[C@@H]4CC(=O)CC[C@H]4C3)C(=O)CCc3cc(OC)c(O)cc32)cc2ccc(O)cc12. The van der Waals surface area contributed by atoms with Crippen molar-refractivity contribution < 1.29 is 34.8 Å². The number of carbonyl (C=O) groups is 2. The Balaban J connectivity index is 1.19. The molecule has 3 aliphatic rings. The molecular weight excluding hydrogens is 757 g/mol. The largest absolute Gasteiger partial charge is 0.508 e. The number of carbonyl (C=O) groups excluding carboxylic acids is 2. The molecule has 324 valence electrons. The number of benzene rings is 3. The number of piperidine rings is 1. The summed E-state index contributed by atoms with van der Waals surface area (Å²) in [6.07, 6.45) is 10.2. The van der Waals surface area contributed by atoms with Gasteiger partial charge in [-0.3, -0.25) is 14.6 Å². The van der Waals surface area contributed by atoms with E-state index in [9.17, 15) is 30.0 Å². The van der Waals surface area contributed by atoms with Gasteiger partial charge in [0.15, 0.2) is 23.2 Å². The third-order valence-corrected chi connectivity index (χ3v) is 13.3. The van der Waals surface area contributed by atoms with Crippen LogP contribution in [0.1, 0.15) is 143 Å². The molecule has 60 heavy (non-hydrogen) atoms. The summed E-state index contributed by atoms with van der Waals surface area (Å²) in [5, 5.41) is 50.1. The highest BCUT2D eigenvalue weighted by atomic mass is 16.5. The van der Waals surface area contributed by atoms with E-state index in [1.807, 2.05) is 18.2 Å².